The van der Waals surface area contributed by atoms with Crippen molar-refractivity contribution in [3.8, 4) is 22.8 Å². The third kappa shape index (κ3) is 4.58. The fourth-order valence-corrected chi connectivity index (χ4v) is 4.03. The molecule has 7 heteroatoms. The lowest BCUT2D eigenvalue weighted by atomic mass is 10.2. The highest BCUT2D eigenvalue weighted by Gasteiger charge is 2.16. The Morgan fingerprint density at radius 2 is 1.59 bits per heavy atom. The van der Waals surface area contributed by atoms with Gasteiger partial charge in [-0.05, 0) is 66.2 Å². The third-order valence-corrected chi connectivity index (χ3v) is 5.83. The van der Waals surface area contributed by atoms with Gasteiger partial charge in [-0.25, -0.2) is 0 Å². The molecule has 29 heavy (non-hydrogen) atoms. The number of aromatic nitrogens is 3. The second-order valence-electron chi connectivity index (χ2n) is 6.27. The highest BCUT2D eigenvalue weighted by molar-refractivity contribution is 7.98. The summed E-state index contributed by atoms with van der Waals surface area (Å²) in [6.45, 7) is 0. The van der Waals surface area contributed by atoms with Gasteiger partial charge in [0, 0.05) is 27.0 Å². The fraction of sp³-hybridized carbons (Fsp3) is 0.0909. The van der Waals surface area contributed by atoms with E-state index in [4.69, 9.17) is 27.9 Å². The molecule has 1 heterocycles. The van der Waals surface area contributed by atoms with Crippen molar-refractivity contribution in [1.29, 1.82) is 0 Å². The minimum absolute atomic E-state index is 0.680. The lowest BCUT2D eigenvalue weighted by molar-refractivity contribution is 0.414. The summed E-state index contributed by atoms with van der Waals surface area (Å²) < 4.78 is 7.35. The highest BCUT2D eigenvalue weighted by atomic mass is 35.5. The Balaban J connectivity index is 1.71. The highest BCUT2D eigenvalue weighted by Crippen LogP contribution is 2.31. The van der Waals surface area contributed by atoms with E-state index < -0.39 is 0 Å². The number of nitrogens with zero attached hydrogens (tertiary/aromatic N) is 3. The Kier molecular flexibility index (Phi) is 6.09. The number of ether oxygens (including phenoxy) is 1. The number of hydrogen-bond acceptors (Lipinski definition) is 4. The third-order valence-electron chi connectivity index (χ3n) is 4.32. The predicted molar refractivity (Wildman–Crippen MR) is 119 cm³/mol. The number of halogens is 2. The molecular weight excluding hydrogens is 425 g/mol. The summed E-state index contributed by atoms with van der Waals surface area (Å²) in [5.41, 5.74) is 3.02. The van der Waals surface area contributed by atoms with Crippen LogP contribution in [0.4, 0.5) is 0 Å². The van der Waals surface area contributed by atoms with Crippen LogP contribution < -0.4 is 4.74 Å². The van der Waals surface area contributed by atoms with Crippen LogP contribution in [0, 0.1) is 0 Å². The summed E-state index contributed by atoms with van der Waals surface area (Å²) in [6.07, 6.45) is 0. The largest absolute Gasteiger partial charge is 0.497 e. The van der Waals surface area contributed by atoms with Crippen LogP contribution in [-0.4, -0.2) is 21.9 Å². The number of hydrogen-bond donors (Lipinski definition) is 0. The van der Waals surface area contributed by atoms with Crippen LogP contribution in [0.5, 0.6) is 5.75 Å². The molecule has 0 spiro atoms. The van der Waals surface area contributed by atoms with E-state index in [0.717, 1.165) is 39.3 Å². The van der Waals surface area contributed by atoms with Crippen molar-refractivity contribution in [3.05, 3.63) is 88.4 Å². The molecule has 0 saturated carbocycles. The van der Waals surface area contributed by atoms with Crippen LogP contribution in [0.25, 0.3) is 17.1 Å². The maximum Gasteiger partial charge on any atom is 0.196 e. The van der Waals surface area contributed by atoms with Gasteiger partial charge in [0.05, 0.1) is 7.11 Å². The molecule has 4 nitrogen and oxygen atoms in total. The summed E-state index contributed by atoms with van der Waals surface area (Å²) in [5, 5.41) is 11.1. The van der Waals surface area contributed by atoms with E-state index in [1.54, 1.807) is 18.9 Å². The summed E-state index contributed by atoms with van der Waals surface area (Å²) in [7, 11) is 1.67. The predicted octanol–water partition coefficient (Wildman–Crippen LogP) is 6.54. The molecule has 1 aromatic heterocycles. The van der Waals surface area contributed by atoms with Gasteiger partial charge in [0.25, 0.3) is 0 Å². The SMILES string of the molecule is COc1cccc(CSc2nnc(-c3ccc(Cl)cc3)n2-c2ccc(Cl)cc2)c1. The first-order valence-electron chi connectivity index (χ1n) is 8.87. The quantitative estimate of drug-likeness (QED) is 0.318. The van der Waals surface area contributed by atoms with Crippen molar-refractivity contribution in [2.75, 3.05) is 7.11 Å². The summed E-state index contributed by atoms with van der Waals surface area (Å²) in [6, 6.07) is 23.2. The summed E-state index contributed by atoms with van der Waals surface area (Å²) in [4.78, 5) is 0. The molecule has 4 aromatic rings. The first-order chi connectivity index (χ1) is 14.1. The lowest BCUT2D eigenvalue weighted by Gasteiger charge is -2.11. The van der Waals surface area contributed by atoms with Crippen molar-refractivity contribution in [3.63, 3.8) is 0 Å². The van der Waals surface area contributed by atoms with Crippen molar-refractivity contribution < 1.29 is 4.74 Å². The molecule has 0 aliphatic carbocycles. The number of benzene rings is 3. The first kappa shape index (κ1) is 19.8. The van der Waals surface area contributed by atoms with Crippen LogP contribution in [0.2, 0.25) is 10.0 Å². The van der Waals surface area contributed by atoms with Crippen LogP contribution in [0.3, 0.4) is 0 Å². The average Bonchev–Trinajstić information content (AvgIpc) is 3.17. The normalized spacial score (nSPS) is 10.9. The van der Waals surface area contributed by atoms with Crippen LogP contribution in [0.15, 0.2) is 78.0 Å². The first-order valence-corrected chi connectivity index (χ1v) is 10.6. The molecule has 0 atom stereocenters. The van der Waals surface area contributed by atoms with Gasteiger partial charge >= 0.3 is 0 Å². The standard InChI is InChI=1S/C22H17Cl2N3OS/c1-28-20-4-2-3-15(13-20)14-29-22-26-25-21(16-5-7-17(23)8-6-16)27(22)19-11-9-18(24)10-12-19/h2-13H,14H2,1H3. The van der Waals surface area contributed by atoms with Crippen molar-refractivity contribution in [2.45, 2.75) is 10.9 Å². The topological polar surface area (TPSA) is 39.9 Å². The van der Waals surface area contributed by atoms with E-state index in [0.29, 0.717) is 10.0 Å². The lowest BCUT2D eigenvalue weighted by Crippen LogP contribution is -1.99. The second-order valence-corrected chi connectivity index (χ2v) is 8.08. The van der Waals surface area contributed by atoms with Gasteiger partial charge in [0.1, 0.15) is 5.75 Å². The van der Waals surface area contributed by atoms with Gasteiger partial charge in [0.15, 0.2) is 11.0 Å². The number of methoxy groups -OCH3 is 1. The summed E-state index contributed by atoms with van der Waals surface area (Å²) in [5.74, 6) is 2.32. The molecule has 0 radical (unpaired) electrons. The van der Waals surface area contributed by atoms with E-state index in [2.05, 4.69) is 16.3 Å². The molecule has 0 fully saturated rings. The minimum Gasteiger partial charge on any atom is -0.497 e. The smallest absolute Gasteiger partial charge is 0.196 e. The zero-order valence-corrected chi connectivity index (χ0v) is 17.9. The van der Waals surface area contributed by atoms with Crippen LogP contribution in [-0.2, 0) is 5.75 Å². The fourth-order valence-electron chi connectivity index (χ4n) is 2.88. The second kappa shape index (κ2) is 8.91. The molecule has 0 saturated heterocycles. The van der Waals surface area contributed by atoms with E-state index in [1.165, 1.54) is 0 Å². The van der Waals surface area contributed by atoms with E-state index >= 15 is 0 Å². The molecule has 4 rings (SSSR count). The molecule has 3 aromatic carbocycles. The summed E-state index contributed by atoms with van der Waals surface area (Å²) >= 11 is 13.7. The van der Waals surface area contributed by atoms with Gasteiger partial charge in [-0.3, -0.25) is 4.57 Å². The van der Waals surface area contributed by atoms with Crippen LogP contribution >= 0.6 is 35.0 Å². The molecule has 0 unspecified atom stereocenters. The van der Waals surface area contributed by atoms with E-state index in [-0.39, 0.29) is 0 Å². The molecule has 0 aliphatic rings. The van der Waals surface area contributed by atoms with Gasteiger partial charge in [0.2, 0.25) is 0 Å². The monoisotopic (exact) mass is 441 g/mol. The molecule has 0 bridgehead atoms. The minimum atomic E-state index is 0.680. The number of rotatable bonds is 6. The molecule has 146 valence electrons. The maximum atomic E-state index is 6.08. The van der Waals surface area contributed by atoms with Gasteiger partial charge in [-0.1, -0.05) is 47.1 Å². The van der Waals surface area contributed by atoms with Crippen molar-refractivity contribution in [2.24, 2.45) is 0 Å². The molecule has 0 amide bonds. The maximum absolute atomic E-state index is 6.08. The van der Waals surface area contributed by atoms with Gasteiger partial charge in [-0.2, -0.15) is 0 Å². The van der Waals surface area contributed by atoms with Crippen LogP contribution in [0.1, 0.15) is 5.56 Å². The van der Waals surface area contributed by atoms with E-state index in [1.807, 2.05) is 71.3 Å². The molecular formula is C22H17Cl2N3OS. The van der Waals surface area contributed by atoms with Crippen molar-refractivity contribution in [1.82, 2.24) is 14.8 Å². The molecule has 0 aliphatic heterocycles. The average molecular weight is 442 g/mol. The Morgan fingerprint density at radius 3 is 2.28 bits per heavy atom. The Labute approximate surface area is 183 Å². The zero-order chi connectivity index (χ0) is 20.2. The number of thioether (sulfide) groups is 1. The Hall–Kier alpha value is -2.47. The van der Waals surface area contributed by atoms with E-state index in [9.17, 15) is 0 Å². The van der Waals surface area contributed by atoms with Gasteiger partial charge < -0.3 is 4.74 Å². The van der Waals surface area contributed by atoms with Crippen molar-refractivity contribution >= 4 is 35.0 Å². The Bertz CT molecular complexity index is 1110. The molecule has 0 N–H and O–H groups in total. The van der Waals surface area contributed by atoms with Gasteiger partial charge in [-0.15, -0.1) is 10.2 Å². The zero-order valence-electron chi connectivity index (χ0n) is 15.5. The Morgan fingerprint density at radius 1 is 0.897 bits per heavy atom.